The van der Waals surface area contributed by atoms with Crippen molar-refractivity contribution in [3.8, 4) is 11.5 Å². The summed E-state index contributed by atoms with van der Waals surface area (Å²) in [5, 5.41) is 9.34. The van der Waals surface area contributed by atoms with E-state index in [1.807, 2.05) is 4.90 Å². The third kappa shape index (κ3) is 4.33. The van der Waals surface area contributed by atoms with Gasteiger partial charge in [0.05, 0.1) is 11.0 Å². The summed E-state index contributed by atoms with van der Waals surface area (Å²) in [5.74, 6) is -0.333. The fourth-order valence-electron chi connectivity index (χ4n) is 3.86. The molecule has 1 saturated heterocycles. The Labute approximate surface area is 186 Å². The Morgan fingerprint density at radius 1 is 1.12 bits per heavy atom. The normalized spacial score (nSPS) is 15.9. The predicted molar refractivity (Wildman–Crippen MR) is 117 cm³/mol. The zero-order valence-electron chi connectivity index (χ0n) is 18.2. The molecule has 1 amide bonds. The van der Waals surface area contributed by atoms with E-state index in [-0.39, 0.29) is 24.9 Å². The summed E-state index contributed by atoms with van der Waals surface area (Å²) in [4.78, 5) is 26.5. The zero-order valence-corrected chi connectivity index (χ0v) is 18.2. The first-order valence-electron chi connectivity index (χ1n) is 10.7. The van der Waals surface area contributed by atoms with Gasteiger partial charge >= 0.3 is 5.97 Å². The van der Waals surface area contributed by atoms with Crippen LogP contribution in [0.5, 0.6) is 11.5 Å². The molecule has 0 spiro atoms. The van der Waals surface area contributed by atoms with Crippen molar-refractivity contribution < 1.29 is 28.6 Å². The van der Waals surface area contributed by atoms with E-state index in [0.29, 0.717) is 46.9 Å². The maximum absolute atomic E-state index is 13.6. The van der Waals surface area contributed by atoms with Crippen LogP contribution in [0.4, 0.5) is 4.39 Å². The van der Waals surface area contributed by atoms with Crippen molar-refractivity contribution in [1.82, 2.24) is 4.90 Å². The fourth-order valence-corrected chi connectivity index (χ4v) is 3.86. The lowest BCUT2D eigenvalue weighted by molar-refractivity contribution is -0.148. The topological polar surface area (TPSA) is 76.1 Å². The SMILES string of the molecule is CC(C)(COc1ccc2c(c1)C(c1ccc(F)cc1)=C(C(=O)N1CCCC1)CO2)C(=O)O. The number of ether oxygens (including phenoxy) is 2. The minimum absolute atomic E-state index is 0.0167. The highest BCUT2D eigenvalue weighted by Crippen LogP contribution is 2.40. The number of rotatable bonds is 6. The molecule has 2 heterocycles. The van der Waals surface area contributed by atoms with Gasteiger partial charge in [-0.2, -0.15) is 0 Å². The second-order valence-electron chi connectivity index (χ2n) is 8.78. The molecule has 2 aromatic rings. The molecule has 168 valence electrons. The number of halogens is 1. The summed E-state index contributed by atoms with van der Waals surface area (Å²) < 4.78 is 25.3. The number of carbonyl (C=O) groups excluding carboxylic acids is 1. The van der Waals surface area contributed by atoms with Crippen LogP contribution >= 0.6 is 0 Å². The first kappa shape index (κ1) is 21.9. The Morgan fingerprint density at radius 3 is 2.47 bits per heavy atom. The van der Waals surface area contributed by atoms with Gasteiger partial charge in [-0.15, -0.1) is 0 Å². The van der Waals surface area contributed by atoms with Gasteiger partial charge in [-0.05, 0) is 62.6 Å². The quantitative estimate of drug-likeness (QED) is 0.733. The van der Waals surface area contributed by atoms with Crippen LogP contribution in [0.3, 0.4) is 0 Å². The van der Waals surface area contributed by atoms with E-state index in [9.17, 15) is 19.1 Å². The summed E-state index contributed by atoms with van der Waals surface area (Å²) in [6.45, 7) is 4.71. The molecule has 0 atom stereocenters. The maximum Gasteiger partial charge on any atom is 0.312 e. The van der Waals surface area contributed by atoms with Crippen LogP contribution in [0.25, 0.3) is 5.57 Å². The number of fused-ring (bicyclic) bond motifs is 1. The minimum atomic E-state index is -1.06. The standard InChI is InChI=1S/C25H26FNO5/c1-25(2,24(29)30)15-32-18-9-10-21-19(13-18)22(16-5-7-17(26)8-6-16)20(14-31-21)23(28)27-11-3-4-12-27/h5-10,13H,3-4,11-12,14-15H2,1-2H3,(H,29,30). The van der Waals surface area contributed by atoms with Crippen LogP contribution in [-0.2, 0) is 9.59 Å². The Kier molecular flexibility index (Phi) is 5.91. The summed E-state index contributed by atoms with van der Waals surface area (Å²) in [6.07, 6.45) is 1.94. The largest absolute Gasteiger partial charge is 0.492 e. The van der Waals surface area contributed by atoms with Crippen molar-refractivity contribution in [1.29, 1.82) is 0 Å². The highest BCUT2D eigenvalue weighted by atomic mass is 19.1. The first-order valence-corrected chi connectivity index (χ1v) is 10.7. The smallest absolute Gasteiger partial charge is 0.312 e. The number of aliphatic carboxylic acids is 1. The van der Waals surface area contributed by atoms with Gasteiger partial charge < -0.3 is 19.5 Å². The summed E-state index contributed by atoms with van der Waals surface area (Å²) in [6, 6.07) is 11.3. The van der Waals surface area contributed by atoms with Crippen molar-refractivity contribution in [3.05, 3.63) is 65.0 Å². The van der Waals surface area contributed by atoms with Crippen LogP contribution < -0.4 is 9.47 Å². The van der Waals surface area contributed by atoms with Gasteiger partial charge in [0.15, 0.2) is 0 Å². The molecule has 2 aliphatic rings. The molecular weight excluding hydrogens is 413 g/mol. The number of amides is 1. The number of likely N-dealkylation sites (tertiary alicyclic amines) is 1. The number of carbonyl (C=O) groups is 2. The molecule has 0 bridgehead atoms. The molecule has 2 aromatic carbocycles. The highest BCUT2D eigenvalue weighted by molar-refractivity contribution is 6.06. The third-order valence-corrected chi connectivity index (χ3v) is 5.86. The van der Waals surface area contributed by atoms with E-state index in [2.05, 4.69) is 0 Å². The number of carboxylic acid groups (broad SMARTS) is 1. The van der Waals surface area contributed by atoms with Gasteiger partial charge in [-0.25, -0.2) is 4.39 Å². The lowest BCUT2D eigenvalue weighted by Crippen LogP contribution is -2.33. The number of hydrogen-bond acceptors (Lipinski definition) is 4. The Bertz CT molecular complexity index is 1070. The summed E-state index contributed by atoms with van der Waals surface area (Å²) >= 11 is 0. The van der Waals surface area contributed by atoms with Gasteiger partial charge in [-0.1, -0.05) is 12.1 Å². The van der Waals surface area contributed by atoms with Crippen LogP contribution in [0.15, 0.2) is 48.0 Å². The third-order valence-electron chi connectivity index (χ3n) is 5.86. The number of benzene rings is 2. The van der Waals surface area contributed by atoms with Crippen molar-refractivity contribution in [2.45, 2.75) is 26.7 Å². The lowest BCUT2D eigenvalue weighted by atomic mass is 9.90. The monoisotopic (exact) mass is 439 g/mol. The van der Waals surface area contributed by atoms with Crippen LogP contribution in [-0.4, -0.2) is 48.2 Å². The molecule has 0 radical (unpaired) electrons. The maximum atomic E-state index is 13.6. The molecule has 2 aliphatic heterocycles. The molecule has 0 unspecified atom stereocenters. The molecule has 0 aromatic heterocycles. The molecule has 1 N–H and O–H groups in total. The van der Waals surface area contributed by atoms with Gasteiger partial charge in [0, 0.05) is 24.2 Å². The Balaban J connectivity index is 1.76. The van der Waals surface area contributed by atoms with Crippen molar-refractivity contribution >= 4 is 17.4 Å². The first-order chi connectivity index (χ1) is 15.3. The lowest BCUT2D eigenvalue weighted by Gasteiger charge is -2.27. The van der Waals surface area contributed by atoms with Crippen molar-refractivity contribution in [2.75, 3.05) is 26.3 Å². The van der Waals surface area contributed by atoms with E-state index in [1.165, 1.54) is 12.1 Å². The second-order valence-corrected chi connectivity index (χ2v) is 8.78. The van der Waals surface area contributed by atoms with E-state index in [4.69, 9.17) is 9.47 Å². The Morgan fingerprint density at radius 2 is 1.81 bits per heavy atom. The average Bonchev–Trinajstić information content (AvgIpc) is 3.32. The fraction of sp³-hybridized carbons (Fsp3) is 0.360. The summed E-state index contributed by atoms with van der Waals surface area (Å²) in [7, 11) is 0. The van der Waals surface area contributed by atoms with Crippen molar-refractivity contribution in [2.24, 2.45) is 5.41 Å². The van der Waals surface area contributed by atoms with Crippen LogP contribution in [0, 0.1) is 11.2 Å². The van der Waals surface area contributed by atoms with Crippen LogP contribution in [0.2, 0.25) is 0 Å². The Hall–Kier alpha value is -3.35. The number of nitrogens with zero attached hydrogens (tertiary/aromatic N) is 1. The molecule has 0 saturated carbocycles. The number of carboxylic acids is 1. The van der Waals surface area contributed by atoms with Gasteiger partial charge in [-0.3, -0.25) is 9.59 Å². The average molecular weight is 439 g/mol. The highest BCUT2D eigenvalue weighted by Gasteiger charge is 2.31. The number of hydrogen-bond donors (Lipinski definition) is 1. The van der Waals surface area contributed by atoms with Crippen LogP contribution in [0.1, 0.15) is 37.8 Å². The second kappa shape index (κ2) is 8.65. The minimum Gasteiger partial charge on any atom is -0.492 e. The van der Waals surface area contributed by atoms with Gasteiger partial charge in [0.2, 0.25) is 0 Å². The van der Waals surface area contributed by atoms with E-state index >= 15 is 0 Å². The molecule has 0 aliphatic carbocycles. The van der Waals surface area contributed by atoms with Gasteiger partial charge in [0.1, 0.15) is 30.5 Å². The molecule has 32 heavy (non-hydrogen) atoms. The van der Waals surface area contributed by atoms with E-state index < -0.39 is 11.4 Å². The molecule has 1 fully saturated rings. The van der Waals surface area contributed by atoms with Gasteiger partial charge in [0.25, 0.3) is 5.91 Å². The molecule has 6 nitrogen and oxygen atoms in total. The van der Waals surface area contributed by atoms with E-state index in [0.717, 1.165) is 12.8 Å². The predicted octanol–water partition coefficient (Wildman–Crippen LogP) is 4.13. The molecular formula is C25H26FNO5. The molecule has 4 rings (SSSR count). The summed E-state index contributed by atoms with van der Waals surface area (Å²) in [5.41, 5.74) is 1.52. The zero-order chi connectivity index (χ0) is 22.9. The van der Waals surface area contributed by atoms with E-state index in [1.54, 1.807) is 44.2 Å². The molecule has 7 heteroatoms. The van der Waals surface area contributed by atoms with Crippen molar-refractivity contribution in [3.63, 3.8) is 0 Å².